The molecule has 0 radical (unpaired) electrons. The Kier molecular flexibility index (Phi) is 20.8. The van der Waals surface area contributed by atoms with Gasteiger partial charge in [0.15, 0.2) is 17.1 Å². The first-order chi connectivity index (χ1) is 56.8. The van der Waals surface area contributed by atoms with Crippen molar-refractivity contribution in [1.29, 1.82) is 0 Å². The van der Waals surface area contributed by atoms with Crippen LogP contribution in [0.2, 0.25) is 0 Å². The lowest BCUT2D eigenvalue weighted by molar-refractivity contribution is -0.561. The molecule has 121 heavy (non-hydrogen) atoms. The molecule has 9 aromatic rings. The molecule has 10 aliphatic heterocycles. The number of quaternary nitrogens is 3. The van der Waals surface area contributed by atoms with Gasteiger partial charge in [0.05, 0.1) is 80.1 Å². The molecule has 620 valence electrons. The second kappa shape index (κ2) is 30.0. The van der Waals surface area contributed by atoms with Crippen molar-refractivity contribution >= 4 is 114 Å². The first-order valence-electron chi connectivity index (χ1n) is 40.8. The lowest BCUT2D eigenvalue weighted by Crippen LogP contribution is -2.70. The van der Waals surface area contributed by atoms with Gasteiger partial charge in [0.25, 0.3) is 11.6 Å². The molecule has 15 nitrogen and oxygen atoms in total. The Morgan fingerprint density at radius 2 is 0.636 bits per heavy atom. The van der Waals surface area contributed by atoms with E-state index in [-0.39, 0.29) is 23.3 Å². The van der Waals surface area contributed by atoms with Crippen molar-refractivity contribution in [2.24, 2.45) is 9.98 Å². The molecule has 0 aliphatic carbocycles. The maximum absolute atomic E-state index is 17.7. The van der Waals surface area contributed by atoms with Crippen molar-refractivity contribution in [3.63, 3.8) is 0 Å². The number of hydrogen-bond donors (Lipinski definition) is 0. The van der Waals surface area contributed by atoms with Gasteiger partial charge >= 0.3 is 34.6 Å². The van der Waals surface area contributed by atoms with Gasteiger partial charge in [-0.25, -0.2) is 0 Å². The number of amidine groups is 2. The van der Waals surface area contributed by atoms with Crippen LogP contribution in [-0.2, 0) is 0 Å². The molecule has 15 heterocycles. The van der Waals surface area contributed by atoms with Crippen molar-refractivity contribution in [3.05, 3.63) is 339 Å². The molecule has 29 heteroatoms. The SMILES string of the molecule is CC1=CC(C)=[N+]2C1=C(c1ccc([N+](C)(C)C)cc1)c1c(C)cc(C)n1[B-]2(F)F.CC1=CC(C)=[N+]2C1=C(c1ccc([N+](C)(C)C)cc1)c1c(C)cc(C)n1[B-]2(F)[18F].CC1=CC(C)=[N+]2C1=C(c1ccc([N+](C)(C)C)cc1)c1c(C)cc(C)n1[B-]2([18F])c1ccccc1.F[B-]1(F)N2C=CC=CC2=Nc2cccc[n+]21.F[B-]1([18F])N2C=CC=CC2=Nc2cccc[n+]21. The number of hydrogen-bond acceptors (Lipinski definition) is 4. The monoisotopic (exact) mass is 1640 g/mol. The van der Waals surface area contributed by atoms with Gasteiger partial charge in [-0.2, -0.15) is 0 Å². The predicted octanol–water partition coefficient (Wildman–Crippen LogP) is 17.9. The Balaban J connectivity index is 0.000000121. The van der Waals surface area contributed by atoms with Crippen LogP contribution in [0.3, 0.4) is 0 Å². The number of allylic oxidation sites excluding steroid dienone is 10. The molecule has 0 saturated heterocycles. The minimum Gasteiger partial charge on any atom is -0.423 e. The van der Waals surface area contributed by atoms with Crippen LogP contribution in [0.15, 0.2) is 281 Å². The summed E-state index contributed by atoms with van der Waals surface area (Å²) in [5.74, 6) is 1.11. The molecule has 0 spiro atoms. The zero-order valence-electron chi connectivity index (χ0n) is 72.5. The Bertz CT molecular complexity index is 6080. The number of halogens is 9. The van der Waals surface area contributed by atoms with Gasteiger partial charge in [-0.1, -0.05) is 60.1 Å². The van der Waals surface area contributed by atoms with Gasteiger partial charge in [-0.05, 0) is 250 Å². The third kappa shape index (κ3) is 14.0. The van der Waals surface area contributed by atoms with E-state index in [1.807, 2.05) is 105 Å². The summed E-state index contributed by atoms with van der Waals surface area (Å²) in [6, 6.07) is 50.5. The Hall–Kier alpha value is -12.1. The van der Waals surface area contributed by atoms with E-state index in [1.54, 1.807) is 101 Å². The number of nitrogens with zero attached hydrogens (tertiary/aromatic N) is 15. The molecule has 5 aromatic heterocycles. The molecule has 3 unspecified atom stereocenters. The fraction of sp³-hybridized carbons (Fsp3) is 0.228. The minimum atomic E-state index is -3.92. The summed E-state index contributed by atoms with van der Waals surface area (Å²) in [5, 5.41) is 0. The molecule has 19 rings (SSSR count). The van der Waals surface area contributed by atoms with Crippen LogP contribution in [0.5, 0.6) is 0 Å². The molecule has 0 saturated carbocycles. The number of benzene rings is 4. The van der Waals surface area contributed by atoms with E-state index >= 15 is 21.6 Å². The number of aromatic nitrogens is 5. The maximum atomic E-state index is 17.7. The molecule has 0 amide bonds. The first kappa shape index (κ1) is 84.0. The van der Waals surface area contributed by atoms with Gasteiger partial charge < -0.3 is 84.3 Å². The number of aliphatic imine (C=N–C) groups is 2. The van der Waals surface area contributed by atoms with Crippen LogP contribution in [0.4, 0.5) is 67.5 Å². The summed E-state index contributed by atoms with van der Waals surface area (Å²) in [4.78, 5) is 10.2. The van der Waals surface area contributed by atoms with Crippen molar-refractivity contribution in [3.8, 4) is 0 Å². The van der Waals surface area contributed by atoms with Crippen LogP contribution >= 0.6 is 0 Å². The summed E-state index contributed by atoms with van der Waals surface area (Å²) in [5.41, 5.74) is 24.6. The van der Waals surface area contributed by atoms with Gasteiger partial charge in [0.1, 0.15) is 34.2 Å². The van der Waals surface area contributed by atoms with Gasteiger partial charge in [-0.15, -0.1) is 0 Å². The first-order valence-corrected chi connectivity index (χ1v) is 40.8. The summed E-state index contributed by atoms with van der Waals surface area (Å²) in [6.45, 7) is 4.77. The molecule has 10 aliphatic rings. The van der Waals surface area contributed by atoms with Crippen LogP contribution in [0.25, 0.3) is 16.7 Å². The van der Waals surface area contributed by atoms with E-state index in [1.165, 1.54) is 59.8 Å². The van der Waals surface area contributed by atoms with E-state index in [9.17, 15) is 17.3 Å². The van der Waals surface area contributed by atoms with Crippen LogP contribution in [-0.4, -0.2) is 163 Å². The van der Waals surface area contributed by atoms with Crippen LogP contribution in [0, 0.1) is 41.5 Å². The molecule has 3 atom stereocenters. The van der Waals surface area contributed by atoms with Crippen LogP contribution < -0.4 is 27.9 Å². The van der Waals surface area contributed by atoms with Gasteiger partial charge in [0.2, 0.25) is 11.7 Å². The largest absolute Gasteiger partial charge is 0.737 e. The topological polar surface area (TPSA) is 62.8 Å². The van der Waals surface area contributed by atoms with Crippen molar-refractivity contribution in [1.82, 2.24) is 36.5 Å². The fourth-order valence-electron chi connectivity index (χ4n) is 18.7. The molecular weight excluding hydrogens is 1540 g/mol. The highest BCUT2D eigenvalue weighted by Gasteiger charge is 2.59. The third-order valence-corrected chi connectivity index (χ3v) is 24.1. The van der Waals surface area contributed by atoms with Crippen LogP contribution in [0.1, 0.15) is 109 Å². The number of pyridine rings is 2. The second-order valence-corrected chi connectivity index (χ2v) is 35.5. The Labute approximate surface area is 703 Å². The van der Waals surface area contributed by atoms with Crippen molar-refractivity contribution in [2.45, 2.75) is 83.1 Å². The number of aryl methyl sites for hydroxylation is 6. The molecule has 0 bridgehead atoms. The third-order valence-electron chi connectivity index (χ3n) is 24.1. The van der Waals surface area contributed by atoms with Gasteiger partial charge in [-0.3, -0.25) is 13.4 Å². The maximum Gasteiger partial charge on any atom is 0.737 e. The van der Waals surface area contributed by atoms with E-state index in [4.69, 9.17) is 0 Å². The average molecular weight is 1640 g/mol. The highest BCUT2D eigenvalue weighted by atomic mass is 19.3. The highest BCUT2D eigenvalue weighted by Crippen LogP contribution is 2.49. The molecule has 0 fully saturated rings. The van der Waals surface area contributed by atoms with Gasteiger partial charge in [0, 0.05) is 109 Å². The lowest BCUT2D eigenvalue weighted by Gasteiger charge is -2.40. The zero-order chi connectivity index (χ0) is 87.2. The second-order valence-electron chi connectivity index (χ2n) is 35.5. The smallest absolute Gasteiger partial charge is 0.423 e. The molecule has 0 N–H and O–H groups in total. The quantitative estimate of drug-likeness (QED) is 0.0907. The fourth-order valence-corrected chi connectivity index (χ4v) is 18.7. The molecule has 4 aromatic carbocycles. The predicted molar refractivity (Wildman–Crippen MR) is 481 cm³/mol. The van der Waals surface area contributed by atoms with E-state index in [0.717, 1.165) is 113 Å². The highest BCUT2D eigenvalue weighted by molar-refractivity contribution is 6.79. The van der Waals surface area contributed by atoms with E-state index in [0.29, 0.717) is 60.0 Å². The average Bonchev–Trinajstić information content (AvgIpc) is 1.55. The van der Waals surface area contributed by atoms with E-state index in [2.05, 4.69) is 172 Å². The minimum absolute atomic E-state index is 0.277. The lowest BCUT2D eigenvalue weighted by atomic mass is 9.57. The normalized spacial score (nSPS) is 20.9. The number of rotatable bonds is 7. The number of fused-ring (bicyclic) bond motifs is 10. The summed E-state index contributed by atoms with van der Waals surface area (Å²) in [6.07, 6.45) is 20.9. The Morgan fingerprint density at radius 3 is 0.975 bits per heavy atom. The summed E-state index contributed by atoms with van der Waals surface area (Å²) < 4.78 is 150. The van der Waals surface area contributed by atoms with Crippen molar-refractivity contribution < 1.29 is 61.3 Å². The Morgan fingerprint density at radius 1 is 0.331 bits per heavy atom. The molecular formula is C92H102B5F9N15+3. The summed E-state index contributed by atoms with van der Waals surface area (Å²) in [7, 11) is 19.2. The zero-order valence-corrected chi connectivity index (χ0v) is 72.5. The van der Waals surface area contributed by atoms with E-state index < -0.39 is 34.6 Å². The standard InChI is InChI=1S/C28H32BFN3.2C22H27BF2N3.2C10H8BF2N3/c1-19-17-21(3)31-27(19)26(23-13-15-25(16-14-23)33(5,6)7)28-20(2)18-22(4)32(28)29(31,30)24-11-9-8-10-12-24;2*1-14-12-16(3)26-21(14)20(18-8-10-19(11-9-18)28(5,6)7)22-15(2)13-17(4)27(22)23(26,24)25;2*12-11(13)15-7-3-1-5-9(15)14-10-6-2-4-8-16(10)11/h8-18H,1-7H3;2*8-13H,1-7H3;2*1-8H/q3*+1;;/i30-1;24-1;;12-1;. The summed E-state index contributed by atoms with van der Waals surface area (Å²) >= 11 is 0. The van der Waals surface area contributed by atoms with Crippen molar-refractivity contribution in [2.75, 3.05) is 63.4 Å².